The van der Waals surface area contributed by atoms with Crippen LogP contribution >= 0.6 is 0 Å². The molecule has 19 heavy (non-hydrogen) atoms. The Morgan fingerprint density at radius 1 is 1.42 bits per heavy atom. The third-order valence-electron chi connectivity index (χ3n) is 3.90. The monoisotopic (exact) mass is 269 g/mol. The molecule has 8 heteroatoms. The first-order chi connectivity index (χ1) is 9.06. The van der Waals surface area contributed by atoms with Gasteiger partial charge in [-0.05, 0) is 6.07 Å². The Morgan fingerprint density at radius 3 is 2.79 bits per heavy atom. The Morgan fingerprint density at radius 2 is 2.21 bits per heavy atom. The van der Waals surface area contributed by atoms with Crippen molar-refractivity contribution in [3.05, 3.63) is 28.9 Å². The summed E-state index contributed by atoms with van der Waals surface area (Å²) in [5.41, 5.74) is 2.42. The number of nitrogens with two attached hydrogens (primary N) is 1. The third-order valence-corrected chi connectivity index (χ3v) is 3.90. The Kier molecular flexibility index (Phi) is 2.73. The molecule has 4 rings (SSSR count). The number of ether oxygens (including phenoxy) is 2. The SMILES string of the molecule is NCC12CO[C@](n3cccnc3=O)(CO1)C(O)C2O. The molecule has 8 nitrogen and oxygen atoms in total. The quantitative estimate of drug-likeness (QED) is 0.537. The highest BCUT2D eigenvalue weighted by molar-refractivity contribution is 5.09. The van der Waals surface area contributed by atoms with E-state index in [0.29, 0.717) is 0 Å². The van der Waals surface area contributed by atoms with Gasteiger partial charge in [0.1, 0.15) is 17.8 Å². The van der Waals surface area contributed by atoms with Crippen LogP contribution in [-0.2, 0) is 15.2 Å². The van der Waals surface area contributed by atoms with Crippen molar-refractivity contribution in [1.82, 2.24) is 9.55 Å². The lowest BCUT2D eigenvalue weighted by Gasteiger charge is -2.57. The van der Waals surface area contributed by atoms with E-state index in [9.17, 15) is 15.0 Å². The van der Waals surface area contributed by atoms with Crippen LogP contribution in [0, 0.1) is 0 Å². The van der Waals surface area contributed by atoms with Crippen LogP contribution in [0.2, 0.25) is 0 Å². The van der Waals surface area contributed by atoms with E-state index >= 15 is 0 Å². The van der Waals surface area contributed by atoms with Gasteiger partial charge in [0.15, 0.2) is 0 Å². The Labute approximate surface area is 108 Å². The predicted octanol–water partition coefficient (Wildman–Crippen LogP) is -2.62. The molecule has 104 valence electrons. The average Bonchev–Trinajstić information content (AvgIpc) is 2.45. The van der Waals surface area contributed by atoms with Crippen molar-refractivity contribution in [3.63, 3.8) is 0 Å². The largest absolute Gasteiger partial charge is 0.387 e. The maximum Gasteiger partial charge on any atom is 0.350 e. The normalized spacial score (nSPS) is 41.4. The topological polar surface area (TPSA) is 120 Å². The summed E-state index contributed by atoms with van der Waals surface area (Å²) in [7, 11) is 0. The molecule has 1 aromatic rings. The first kappa shape index (κ1) is 12.7. The number of fused-ring (bicyclic) bond motifs is 3. The van der Waals surface area contributed by atoms with Gasteiger partial charge in [-0.1, -0.05) is 0 Å². The summed E-state index contributed by atoms with van der Waals surface area (Å²) in [4.78, 5) is 15.4. The van der Waals surface area contributed by atoms with E-state index in [1.165, 1.54) is 18.5 Å². The Balaban J connectivity index is 2.08. The second-order valence-corrected chi connectivity index (χ2v) is 4.85. The molecule has 0 saturated carbocycles. The fourth-order valence-corrected chi connectivity index (χ4v) is 2.62. The second-order valence-electron chi connectivity index (χ2n) is 4.85. The van der Waals surface area contributed by atoms with Crippen molar-refractivity contribution in [2.75, 3.05) is 19.8 Å². The minimum Gasteiger partial charge on any atom is -0.387 e. The molecule has 0 aliphatic carbocycles. The highest BCUT2D eigenvalue weighted by atomic mass is 16.6. The standard InChI is InChI=1S/C11H15N3O5/c12-4-10-5-19-11(6-18-10,8(16)7(10)15)14-3-1-2-13-9(14)17/h1-3,7-8,15-16H,4-6,12H2/t7?,8?,10?,11-/m1/s1. The van der Waals surface area contributed by atoms with E-state index in [-0.39, 0.29) is 19.8 Å². The van der Waals surface area contributed by atoms with Crippen LogP contribution in [0.3, 0.4) is 0 Å². The minimum atomic E-state index is -1.46. The highest BCUT2D eigenvalue weighted by Crippen LogP contribution is 2.42. The zero-order valence-corrected chi connectivity index (χ0v) is 10.1. The summed E-state index contributed by atoms with van der Waals surface area (Å²) in [6.07, 6.45) is 0.234. The average molecular weight is 269 g/mol. The van der Waals surface area contributed by atoms with Crippen LogP contribution in [0.4, 0.5) is 0 Å². The van der Waals surface area contributed by atoms with Gasteiger partial charge in [-0.25, -0.2) is 9.78 Å². The summed E-state index contributed by atoms with van der Waals surface area (Å²) >= 11 is 0. The number of hydrogen-bond donors (Lipinski definition) is 3. The summed E-state index contributed by atoms with van der Waals surface area (Å²) in [6.45, 7) is -0.0552. The Bertz CT molecular complexity index is 537. The molecule has 4 heterocycles. The van der Waals surface area contributed by atoms with Crippen LogP contribution in [0.5, 0.6) is 0 Å². The zero-order chi connectivity index (χ0) is 13.7. The van der Waals surface area contributed by atoms with E-state index in [1.54, 1.807) is 0 Å². The van der Waals surface area contributed by atoms with E-state index < -0.39 is 29.2 Å². The molecule has 3 saturated heterocycles. The first-order valence-corrected chi connectivity index (χ1v) is 5.94. The van der Waals surface area contributed by atoms with Gasteiger partial charge in [-0.2, -0.15) is 0 Å². The molecule has 4 atom stereocenters. The summed E-state index contributed by atoms with van der Waals surface area (Å²) in [6, 6.07) is 1.54. The van der Waals surface area contributed by atoms with Crippen molar-refractivity contribution < 1.29 is 19.7 Å². The van der Waals surface area contributed by atoms with Crippen LogP contribution in [0.15, 0.2) is 23.3 Å². The first-order valence-electron chi connectivity index (χ1n) is 5.94. The van der Waals surface area contributed by atoms with Crippen molar-refractivity contribution >= 4 is 0 Å². The van der Waals surface area contributed by atoms with Crippen molar-refractivity contribution in [1.29, 1.82) is 0 Å². The molecular formula is C11H15N3O5. The molecule has 0 spiro atoms. The number of aliphatic hydroxyl groups excluding tert-OH is 2. The van der Waals surface area contributed by atoms with E-state index in [0.717, 1.165) is 4.57 Å². The lowest BCUT2D eigenvalue weighted by Crippen LogP contribution is -2.77. The molecule has 1 aromatic heterocycles. The summed E-state index contributed by atoms with van der Waals surface area (Å²) < 4.78 is 12.3. The van der Waals surface area contributed by atoms with Gasteiger partial charge in [0, 0.05) is 18.9 Å². The van der Waals surface area contributed by atoms with Crippen molar-refractivity contribution in [3.8, 4) is 0 Å². The molecule has 3 aliphatic rings. The third kappa shape index (κ3) is 1.52. The molecule has 4 N–H and O–H groups in total. The van der Waals surface area contributed by atoms with Gasteiger partial charge < -0.3 is 25.4 Å². The fourth-order valence-electron chi connectivity index (χ4n) is 2.62. The lowest BCUT2D eigenvalue weighted by molar-refractivity contribution is -0.380. The Hall–Kier alpha value is -1.32. The molecule has 0 aromatic carbocycles. The van der Waals surface area contributed by atoms with Gasteiger partial charge >= 0.3 is 5.69 Å². The molecule has 0 amide bonds. The highest BCUT2D eigenvalue weighted by Gasteiger charge is 2.63. The van der Waals surface area contributed by atoms with Gasteiger partial charge in [0.2, 0.25) is 5.72 Å². The van der Waals surface area contributed by atoms with Crippen molar-refractivity contribution in [2.24, 2.45) is 5.73 Å². The molecule has 3 aliphatic heterocycles. The van der Waals surface area contributed by atoms with Gasteiger partial charge in [-0.3, -0.25) is 4.57 Å². The van der Waals surface area contributed by atoms with Crippen LogP contribution in [-0.4, -0.2) is 57.3 Å². The number of aliphatic hydroxyl groups is 2. The molecule has 3 fully saturated rings. The van der Waals surface area contributed by atoms with Gasteiger partial charge in [0.25, 0.3) is 0 Å². The predicted molar refractivity (Wildman–Crippen MR) is 62.2 cm³/mol. The van der Waals surface area contributed by atoms with E-state index in [4.69, 9.17) is 15.2 Å². The maximum atomic E-state index is 11.8. The number of nitrogens with zero attached hydrogens (tertiary/aromatic N) is 2. The number of aromatic nitrogens is 2. The van der Waals surface area contributed by atoms with Crippen LogP contribution in [0.1, 0.15) is 0 Å². The fraction of sp³-hybridized carbons (Fsp3) is 0.636. The van der Waals surface area contributed by atoms with E-state index in [1.807, 2.05) is 0 Å². The number of rotatable bonds is 2. The maximum absolute atomic E-state index is 11.8. The van der Waals surface area contributed by atoms with Crippen LogP contribution in [0.25, 0.3) is 0 Å². The van der Waals surface area contributed by atoms with Gasteiger partial charge in [-0.15, -0.1) is 0 Å². The zero-order valence-electron chi connectivity index (χ0n) is 10.1. The summed E-state index contributed by atoms with van der Waals surface area (Å²) in [5, 5.41) is 20.5. The molecular weight excluding hydrogens is 254 g/mol. The van der Waals surface area contributed by atoms with E-state index in [2.05, 4.69) is 4.98 Å². The molecule has 3 unspecified atom stereocenters. The summed E-state index contributed by atoms with van der Waals surface area (Å²) in [5.74, 6) is 0. The lowest BCUT2D eigenvalue weighted by atomic mass is 9.81. The van der Waals surface area contributed by atoms with Crippen LogP contribution < -0.4 is 11.4 Å². The molecule has 2 bridgehead atoms. The number of hydrogen-bond acceptors (Lipinski definition) is 7. The molecule has 0 radical (unpaired) electrons. The van der Waals surface area contributed by atoms with Crippen molar-refractivity contribution in [2.45, 2.75) is 23.5 Å². The minimum absolute atomic E-state index is 0.00304. The smallest absolute Gasteiger partial charge is 0.350 e. The second kappa shape index (κ2) is 4.09. The van der Waals surface area contributed by atoms with Gasteiger partial charge in [0.05, 0.1) is 13.2 Å².